The van der Waals surface area contributed by atoms with E-state index < -0.39 is 5.60 Å². The van der Waals surface area contributed by atoms with Gasteiger partial charge in [-0.3, -0.25) is 4.79 Å². The van der Waals surface area contributed by atoms with Crippen molar-refractivity contribution in [1.29, 1.82) is 0 Å². The van der Waals surface area contributed by atoms with E-state index in [2.05, 4.69) is 0 Å². The van der Waals surface area contributed by atoms with Crippen molar-refractivity contribution in [2.45, 2.75) is 44.1 Å². The zero-order chi connectivity index (χ0) is 11.4. The lowest BCUT2D eigenvalue weighted by Gasteiger charge is -2.59. The number of ketones is 1. The van der Waals surface area contributed by atoms with Crippen LogP contribution in [0.3, 0.4) is 0 Å². The zero-order valence-corrected chi connectivity index (χ0v) is 9.48. The first-order valence-electron chi connectivity index (χ1n) is 6.20. The molecule has 4 saturated carbocycles. The van der Waals surface area contributed by atoms with Gasteiger partial charge >= 0.3 is 0 Å². The van der Waals surface area contributed by atoms with Gasteiger partial charge < -0.3 is 10.8 Å². The fourth-order valence-corrected chi connectivity index (χ4v) is 4.77. The first-order valence-corrected chi connectivity index (χ1v) is 6.20. The standard InChI is InChI=1S/C13H19NO2/c14-2-1-11(15)12-4-9-3-10(5-12)7-13(16,6-9)8-12/h1-2,9-10,16H,3-8,14H2/b2-1-. The fraction of sp³-hybridized carbons (Fsp3) is 0.769. The molecule has 2 unspecified atom stereocenters. The van der Waals surface area contributed by atoms with Gasteiger partial charge in [0.15, 0.2) is 5.78 Å². The van der Waals surface area contributed by atoms with Crippen LogP contribution in [-0.2, 0) is 4.79 Å². The van der Waals surface area contributed by atoms with Gasteiger partial charge in [-0.05, 0) is 62.6 Å². The summed E-state index contributed by atoms with van der Waals surface area (Å²) in [4.78, 5) is 12.2. The van der Waals surface area contributed by atoms with Gasteiger partial charge in [-0.1, -0.05) is 0 Å². The van der Waals surface area contributed by atoms with E-state index >= 15 is 0 Å². The van der Waals surface area contributed by atoms with Crippen LogP contribution in [0.5, 0.6) is 0 Å². The molecule has 0 saturated heterocycles. The average molecular weight is 221 g/mol. The molecule has 4 fully saturated rings. The second-order valence-corrected chi connectivity index (χ2v) is 6.19. The van der Waals surface area contributed by atoms with E-state index in [4.69, 9.17) is 5.73 Å². The van der Waals surface area contributed by atoms with Gasteiger partial charge in [0.05, 0.1) is 5.60 Å². The average Bonchev–Trinajstić information content (AvgIpc) is 2.13. The Morgan fingerprint density at radius 2 is 1.88 bits per heavy atom. The second kappa shape index (κ2) is 3.10. The summed E-state index contributed by atoms with van der Waals surface area (Å²) in [6.07, 6.45) is 8.46. The normalized spacial score (nSPS) is 50.1. The fourth-order valence-electron chi connectivity index (χ4n) is 4.77. The van der Waals surface area contributed by atoms with Crippen LogP contribution in [0.1, 0.15) is 38.5 Å². The molecule has 0 heterocycles. The van der Waals surface area contributed by atoms with E-state index in [1.807, 2.05) is 0 Å². The van der Waals surface area contributed by atoms with Crippen LogP contribution in [0.25, 0.3) is 0 Å². The maximum atomic E-state index is 12.2. The number of aliphatic hydroxyl groups is 1. The van der Waals surface area contributed by atoms with Crippen molar-refractivity contribution >= 4 is 5.78 Å². The molecule has 4 bridgehead atoms. The third-order valence-corrected chi connectivity index (χ3v) is 4.80. The molecule has 3 heteroatoms. The highest BCUT2D eigenvalue weighted by Crippen LogP contribution is 2.61. The highest BCUT2D eigenvalue weighted by atomic mass is 16.3. The Bertz CT molecular complexity index is 347. The molecule has 0 aromatic rings. The molecule has 3 nitrogen and oxygen atoms in total. The lowest BCUT2D eigenvalue weighted by atomic mass is 9.47. The van der Waals surface area contributed by atoms with Gasteiger partial charge in [0.1, 0.15) is 0 Å². The van der Waals surface area contributed by atoms with Crippen LogP contribution in [0, 0.1) is 17.3 Å². The minimum atomic E-state index is -0.553. The Morgan fingerprint density at radius 1 is 1.25 bits per heavy atom. The predicted molar refractivity (Wildman–Crippen MR) is 60.4 cm³/mol. The molecule has 16 heavy (non-hydrogen) atoms. The molecule has 0 aliphatic heterocycles. The highest BCUT2D eigenvalue weighted by molar-refractivity contribution is 5.95. The monoisotopic (exact) mass is 221 g/mol. The number of allylic oxidation sites excluding steroid dienone is 1. The first-order chi connectivity index (χ1) is 7.55. The first kappa shape index (κ1) is 10.3. The molecule has 0 spiro atoms. The van der Waals surface area contributed by atoms with E-state index in [0.29, 0.717) is 18.3 Å². The van der Waals surface area contributed by atoms with Crippen molar-refractivity contribution in [2.75, 3.05) is 0 Å². The van der Waals surface area contributed by atoms with Crippen molar-refractivity contribution < 1.29 is 9.90 Å². The zero-order valence-electron chi connectivity index (χ0n) is 9.48. The van der Waals surface area contributed by atoms with Crippen molar-refractivity contribution in [3.8, 4) is 0 Å². The van der Waals surface area contributed by atoms with Gasteiger partial charge in [0.25, 0.3) is 0 Å². The summed E-state index contributed by atoms with van der Waals surface area (Å²) in [6, 6.07) is 0. The summed E-state index contributed by atoms with van der Waals surface area (Å²) in [7, 11) is 0. The van der Waals surface area contributed by atoms with Crippen LogP contribution in [0.4, 0.5) is 0 Å². The Hall–Kier alpha value is -0.830. The summed E-state index contributed by atoms with van der Waals surface area (Å²) in [6.45, 7) is 0. The maximum absolute atomic E-state index is 12.2. The van der Waals surface area contributed by atoms with E-state index in [1.54, 1.807) is 0 Å². The number of hydrogen-bond donors (Lipinski definition) is 2. The van der Waals surface area contributed by atoms with E-state index in [1.165, 1.54) is 18.7 Å². The SMILES string of the molecule is N/C=C\C(=O)C12CC3CC(CC(O)(C3)C1)C2. The summed E-state index contributed by atoms with van der Waals surface area (Å²) >= 11 is 0. The largest absolute Gasteiger partial charge is 0.404 e. The maximum Gasteiger partial charge on any atom is 0.163 e. The molecule has 4 aliphatic carbocycles. The molecule has 0 radical (unpaired) electrons. The molecule has 3 N–H and O–H groups in total. The summed E-state index contributed by atoms with van der Waals surface area (Å²) < 4.78 is 0. The van der Waals surface area contributed by atoms with Crippen molar-refractivity contribution in [1.82, 2.24) is 0 Å². The van der Waals surface area contributed by atoms with Gasteiger partial charge in [-0.15, -0.1) is 0 Å². The molecule has 88 valence electrons. The van der Waals surface area contributed by atoms with E-state index in [-0.39, 0.29) is 11.2 Å². The molecular formula is C13H19NO2. The van der Waals surface area contributed by atoms with Gasteiger partial charge in [-0.25, -0.2) is 0 Å². The molecule has 0 aromatic heterocycles. The van der Waals surface area contributed by atoms with Crippen LogP contribution in [0.2, 0.25) is 0 Å². The van der Waals surface area contributed by atoms with Gasteiger partial charge in [0, 0.05) is 5.41 Å². The number of nitrogens with two attached hydrogens (primary N) is 1. The summed E-state index contributed by atoms with van der Waals surface area (Å²) in [5.41, 5.74) is 4.48. The molecule has 0 aromatic carbocycles. The number of rotatable bonds is 2. The molecule has 2 atom stereocenters. The van der Waals surface area contributed by atoms with Crippen molar-refractivity contribution in [2.24, 2.45) is 23.0 Å². The Morgan fingerprint density at radius 3 is 2.38 bits per heavy atom. The van der Waals surface area contributed by atoms with Crippen LogP contribution in [0.15, 0.2) is 12.3 Å². The van der Waals surface area contributed by atoms with Crippen LogP contribution in [-0.4, -0.2) is 16.5 Å². The summed E-state index contributed by atoms with van der Waals surface area (Å²) in [5, 5.41) is 10.5. The number of carbonyl (C=O) groups excluding carboxylic acids is 1. The third kappa shape index (κ3) is 1.34. The van der Waals surface area contributed by atoms with Crippen LogP contribution < -0.4 is 5.73 Å². The Labute approximate surface area is 95.7 Å². The topological polar surface area (TPSA) is 63.3 Å². The lowest BCUT2D eigenvalue weighted by molar-refractivity contribution is -0.173. The molecule has 0 amide bonds. The smallest absolute Gasteiger partial charge is 0.163 e. The Kier molecular flexibility index (Phi) is 2.00. The highest BCUT2D eigenvalue weighted by Gasteiger charge is 2.59. The molecule has 4 aliphatic rings. The third-order valence-electron chi connectivity index (χ3n) is 4.80. The second-order valence-electron chi connectivity index (χ2n) is 6.19. The molecule has 4 rings (SSSR count). The summed E-state index contributed by atoms with van der Waals surface area (Å²) in [5.74, 6) is 1.25. The van der Waals surface area contributed by atoms with Gasteiger partial charge in [-0.2, -0.15) is 0 Å². The number of hydrogen-bond acceptors (Lipinski definition) is 3. The van der Waals surface area contributed by atoms with E-state index in [0.717, 1.165) is 25.7 Å². The lowest BCUT2D eigenvalue weighted by Crippen LogP contribution is -2.57. The van der Waals surface area contributed by atoms with Crippen molar-refractivity contribution in [3.63, 3.8) is 0 Å². The minimum absolute atomic E-state index is 0.141. The van der Waals surface area contributed by atoms with Crippen LogP contribution >= 0.6 is 0 Å². The molecular weight excluding hydrogens is 202 g/mol. The Balaban J connectivity index is 1.94. The van der Waals surface area contributed by atoms with Crippen molar-refractivity contribution in [3.05, 3.63) is 12.3 Å². The number of carbonyl (C=O) groups is 1. The quantitative estimate of drug-likeness (QED) is 0.692. The van der Waals surface area contributed by atoms with E-state index in [9.17, 15) is 9.90 Å². The minimum Gasteiger partial charge on any atom is -0.404 e. The predicted octanol–water partition coefficient (Wildman–Crippen LogP) is 1.36. The van der Waals surface area contributed by atoms with Gasteiger partial charge in [0.2, 0.25) is 0 Å².